The third kappa shape index (κ3) is 8.89. The molecule has 0 rings (SSSR count). The highest BCUT2D eigenvalue weighted by Gasteiger charge is 2.04. The number of unbranched alkanes of at least 4 members (excludes halogenated alkanes) is 1. The molecule has 0 bridgehead atoms. The van der Waals surface area contributed by atoms with Gasteiger partial charge in [-0.3, -0.25) is 0 Å². The predicted octanol–water partition coefficient (Wildman–Crippen LogP) is 3.69. The lowest BCUT2D eigenvalue weighted by Gasteiger charge is -2.16. The van der Waals surface area contributed by atoms with Crippen molar-refractivity contribution in [3.63, 3.8) is 0 Å². The predicted molar refractivity (Wildman–Crippen MR) is 69.2 cm³/mol. The Balaban J connectivity index is 3.30. The van der Waals surface area contributed by atoms with Crippen molar-refractivity contribution in [3.8, 4) is 0 Å². The van der Waals surface area contributed by atoms with Gasteiger partial charge >= 0.3 is 0 Å². The quantitative estimate of drug-likeness (QED) is 0.560. The molecular formula is C12H27NS. The van der Waals surface area contributed by atoms with Gasteiger partial charge in [0.15, 0.2) is 0 Å². The SMILES string of the molecule is CCCC(CCC)NCCCCSC. The number of hydrogen-bond donors (Lipinski definition) is 1. The summed E-state index contributed by atoms with van der Waals surface area (Å²) in [7, 11) is 0. The van der Waals surface area contributed by atoms with Gasteiger partial charge in [0.2, 0.25) is 0 Å². The molecule has 0 aromatic heterocycles. The summed E-state index contributed by atoms with van der Waals surface area (Å²) in [5, 5.41) is 3.67. The first-order valence-electron chi connectivity index (χ1n) is 6.07. The van der Waals surface area contributed by atoms with E-state index >= 15 is 0 Å². The van der Waals surface area contributed by atoms with Crippen LogP contribution in [0.25, 0.3) is 0 Å². The largest absolute Gasteiger partial charge is 0.314 e. The van der Waals surface area contributed by atoms with Crippen LogP contribution < -0.4 is 5.32 Å². The van der Waals surface area contributed by atoms with Crippen molar-refractivity contribution < 1.29 is 0 Å². The maximum atomic E-state index is 3.67. The molecule has 1 nitrogen and oxygen atoms in total. The summed E-state index contributed by atoms with van der Waals surface area (Å²) in [6.45, 7) is 5.77. The Kier molecular flexibility index (Phi) is 11.6. The topological polar surface area (TPSA) is 12.0 Å². The number of nitrogens with one attached hydrogen (secondary N) is 1. The molecule has 0 heterocycles. The summed E-state index contributed by atoms with van der Waals surface area (Å²) >= 11 is 1.95. The highest BCUT2D eigenvalue weighted by molar-refractivity contribution is 7.98. The van der Waals surface area contributed by atoms with Gasteiger partial charge in [-0.2, -0.15) is 11.8 Å². The fourth-order valence-electron chi connectivity index (χ4n) is 1.72. The van der Waals surface area contributed by atoms with E-state index in [0.29, 0.717) is 0 Å². The van der Waals surface area contributed by atoms with Gasteiger partial charge in [-0.25, -0.2) is 0 Å². The van der Waals surface area contributed by atoms with Crippen LogP contribution in [0, 0.1) is 0 Å². The fourth-order valence-corrected chi connectivity index (χ4v) is 2.22. The molecule has 0 aromatic carbocycles. The Bertz CT molecular complexity index is 100. The molecule has 86 valence electrons. The smallest absolute Gasteiger partial charge is 0.00668 e. The van der Waals surface area contributed by atoms with Crippen molar-refractivity contribution in [2.45, 2.75) is 58.4 Å². The van der Waals surface area contributed by atoms with Crippen molar-refractivity contribution in [1.82, 2.24) is 5.32 Å². The van der Waals surface area contributed by atoms with E-state index in [9.17, 15) is 0 Å². The Morgan fingerprint density at radius 1 is 1.07 bits per heavy atom. The van der Waals surface area contributed by atoms with Crippen molar-refractivity contribution in [1.29, 1.82) is 0 Å². The van der Waals surface area contributed by atoms with Crippen LogP contribution in [0.3, 0.4) is 0 Å². The normalized spacial score (nSPS) is 11.1. The molecule has 0 saturated heterocycles. The van der Waals surface area contributed by atoms with Crippen LogP contribution in [0.2, 0.25) is 0 Å². The zero-order valence-electron chi connectivity index (χ0n) is 10.1. The minimum absolute atomic E-state index is 0.777. The molecule has 2 heteroatoms. The molecule has 0 radical (unpaired) electrons. The van der Waals surface area contributed by atoms with Gasteiger partial charge in [-0.05, 0) is 44.2 Å². The second-order valence-corrected chi connectivity index (χ2v) is 4.91. The molecular weight excluding hydrogens is 190 g/mol. The van der Waals surface area contributed by atoms with E-state index in [-0.39, 0.29) is 0 Å². The summed E-state index contributed by atoms with van der Waals surface area (Å²) in [6, 6.07) is 0.777. The van der Waals surface area contributed by atoms with Gasteiger partial charge in [0.1, 0.15) is 0 Å². The van der Waals surface area contributed by atoms with E-state index in [0.717, 1.165) is 6.04 Å². The van der Waals surface area contributed by atoms with Crippen LogP contribution in [0.5, 0.6) is 0 Å². The highest BCUT2D eigenvalue weighted by atomic mass is 32.2. The average Bonchev–Trinajstić information content (AvgIpc) is 2.18. The first-order chi connectivity index (χ1) is 6.85. The van der Waals surface area contributed by atoms with Gasteiger partial charge < -0.3 is 5.32 Å². The van der Waals surface area contributed by atoms with Crippen LogP contribution in [0.4, 0.5) is 0 Å². The maximum absolute atomic E-state index is 3.67. The van der Waals surface area contributed by atoms with E-state index in [4.69, 9.17) is 0 Å². The van der Waals surface area contributed by atoms with Crippen molar-refractivity contribution in [3.05, 3.63) is 0 Å². The zero-order chi connectivity index (χ0) is 10.6. The molecule has 0 unspecified atom stereocenters. The Morgan fingerprint density at radius 3 is 2.21 bits per heavy atom. The summed E-state index contributed by atoms with van der Waals surface area (Å²) in [5.41, 5.74) is 0. The Morgan fingerprint density at radius 2 is 1.71 bits per heavy atom. The molecule has 14 heavy (non-hydrogen) atoms. The van der Waals surface area contributed by atoms with E-state index in [1.54, 1.807) is 0 Å². The fraction of sp³-hybridized carbons (Fsp3) is 1.00. The second-order valence-electron chi connectivity index (χ2n) is 3.93. The standard InChI is InChI=1S/C12H27NS/c1-4-8-12(9-5-2)13-10-6-7-11-14-3/h12-13H,4-11H2,1-3H3. The highest BCUT2D eigenvalue weighted by Crippen LogP contribution is 2.05. The molecule has 0 spiro atoms. The lowest BCUT2D eigenvalue weighted by Crippen LogP contribution is -2.29. The van der Waals surface area contributed by atoms with E-state index in [2.05, 4.69) is 25.4 Å². The van der Waals surface area contributed by atoms with Crippen LogP contribution in [-0.4, -0.2) is 24.6 Å². The summed E-state index contributed by atoms with van der Waals surface area (Å²) in [4.78, 5) is 0. The average molecular weight is 217 g/mol. The van der Waals surface area contributed by atoms with E-state index in [1.807, 2.05) is 11.8 Å². The van der Waals surface area contributed by atoms with Gasteiger partial charge in [-0.15, -0.1) is 0 Å². The number of thioether (sulfide) groups is 1. The van der Waals surface area contributed by atoms with Crippen LogP contribution in [0.1, 0.15) is 52.4 Å². The van der Waals surface area contributed by atoms with Crippen molar-refractivity contribution >= 4 is 11.8 Å². The van der Waals surface area contributed by atoms with Crippen LogP contribution in [0.15, 0.2) is 0 Å². The van der Waals surface area contributed by atoms with Crippen molar-refractivity contribution in [2.24, 2.45) is 0 Å². The van der Waals surface area contributed by atoms with Gasteiger partial charge in [0.25, 0.3) is 0 Å². The van der Waals surface area contributed by atoms with E-state index in [1.165, 1.54) is 50.8 Å². The zero-order valence-corrected chi connectivity index (χ0v) is 11.0. The summed E-state index contributed by atoms with van der Waals surface area (Å²) in [5.74, 6) is 1.31. The van der Waals surface area contributed by atoms with Crippen LogP contribution in [-0.2, 0) is 0 Å². The van der Waals surface area contributed by atoms with Gasteiger partial charge in [0.05, 0.1) is 0 Å². The second kappa shape index (κ2) is 11.4. The minimum Gasteiger partial charge on any atom is -0.314 e. The first-order valence-corrected chi connectivity index (χ1v) is 7.46. The van der Waals surface area contributed by atoms with Crippen molar-refractivity contribution in [2.75, 3.05) is 18.6 Å². The van der Waals surface area contributed by atoms with Crippen LogP contribution >= 0.6 is 11.8 Å². The summed E-state index contributed by atoms with van der Waals surface area (Å²) in [6.07, 6.45) is 10.2. The molecule has 0 aliphatic rings. The lowest BCUT2D eigenvalue weighted by molar-refractivity contribution is 0.440. The molecule has 0 aliphatic carbocycles. The maximum Gasteiger partial charge on any atom is 0.00668 e. The number of rotatable bonds is 10. The number of hydrogen-bond acceptors (Lipinski definition) is 2. The summed E-state index contributed by atoms with van der Waals surface area (Å²) < 4.78 is 0. The first kappa shape index (κ1) is 14.3. The molecule has 0 atom stereocenters. The van der Waals surface area contributed by atoms with Gasteiger partial charge in [0, 0.05) is 6.04 Å². The monoisotopic (exact) mass is 217 g/mol. The third-order valence-electron chi connectivity index (χ3n) is 2.48. The molecule has 1 N–H and O–H groups in total. The van der Waals surface area contributed by atoms with Gasteiger partial charge in [-0.1, -0.05) is 26.7 Å². The molecule has 0 fully saturated rings. The Hall–Kier alpha value is 0.310. The minimum atomic E-state index is 0.777. The molecule has 0 aromatic rings. The Labute approximate surface area is 94.4 Å². The van der Waals surface area contributed by atoms with E-state index < -0.39 is 0 Å². The molecule has 0 aliphatic heterocycles. The molecule has 0 amide bonds. The lowest BCUT2D eigenvalue weighted by atomic mass is 10.1. The molecule has 0 saturated carbocycles. The third-order valence-corrected chi connectivity index (χ3v) is 3.18.